The van der Waals surface area contributed by atoms with Crippen molar-refractivity contribution in [3.8, 4) is 5.88 Å². The second kappa shape index (κ2) is 5.53. The molecule has 0 atom stereocenters. The van der Waals surface area contributed by atoms with E-state index < -0.39 is 18.0 Å². The van der Waals surface area contributed by atoms with Crippen molar-refractivity contribution in [2.45, 2.75) is 13.0 Å². The summed E-state index contributed by atoms with van der Waals surface area (Å²) in [4.78, 5) is 15.1. The number of pyridine rings is 1. The summed E-state index contributed by atoms with van der Waals surface area (Å²) in [6.45, 7) is -0.233. The van der Waals surface area contributed by atoms with Gasteiger partial charge in [-0.15, -0.1) is 0 Å². The van der Waals surface area contributed by atoms with E-state index >= 15 is 0 Å². The first-order valence-corrected chi connectivity index (χ1v) is 4.69. The van der Waals surface area contributed by atoms with Crippen LogP contribution in [0.4, 0.5) is 8.78 Å². The van der Waals surface area contributed by atoms with Gasteiger partial charge in [-0.05, 0) is 5.56 Å². The highest BCUT2D eigenvalue weighted by Crippen LogP contribution is 2.29. The fourth-order valence-electron chi connectivity index (χ4n) is 1.42. The third kappa shape index (κ3) is 2.50. The lowest BCUT2D eigenvalue weighted by Gasteiger charge is -2.13. The molecule has 1 aromatic rings. The summed E-state index contributed by atoms with van der Waals surface area (Å²) in [5, 5.41) is 0. The number of hydrogen-bond donors (Lipinski definition) is 1. The number of nitrogens with zero attached hydrogens (tertiary/aromatic N) is 1. The van der Waals surface area contributed by atoms with Crippen molar-refractivity contribution in [2.75, 3.05) is 14.2 Å². The molecule has 0 bridgehead atoms. The van der Waals surface area contributed by atoms with Gasteiger partial charge in [0.1, 0.15) is 5.56 Å². The minimum Gasteiger partial charge on any atom is -0.480 e. The SMILES string of the molecule is COC(=O)c1c(OC)ncc(C(F)F)c1CN. The van der Waals surface area contributed by atoms with Gasteiger partial charge in [-0.3, -0.25) is 0 Å². The summed E-state index contributed by atoms with van der Waals surface area (Å²) in [6.07, 6.45) is -1.83. The highest BCUT2D eigenvalue weighted by molar-refractivity contribution is 5.93. The van der Waals surface area contributed by atoms with Gasteiger partial charge in [0.15, 0.2) is 0 Å². The van der Waals surface area contributed by atoms with Gasteiger partial charge in [0, 0.05) is 18.3 Å². The van der Waals surface area contributed by atoms with Crippen molar-refractivity contribution in [3.05, 3.63) is 22.9 Å². The van der Waals surface area contributed by atoms with Crippen LogP contribution < -0.4 is 10.5 Å². The van der Waals surface area contributed by atoms with Crippen LogP contribution in [0.1, 0.15) is 27.9 Å². The Morgan fingerprint density at radius 1 is 1.53 bits per heavy atom. The Hall–Kier alpha value is -1.76. The lowest BCUT2D eigenvalue weighted by molar-refractivity contribution is 0.0594. The molecular formula is C10H12F2N2O3. The molecule has 0 aromatic carbocycles. The molecule has 0 saturated carbocycles. The standard InChI is InChI=1S/C10H12F2N2O3/c1-16-9-7(10(15)17-2)5(3-13)6(4-14-9)8(11)12/h4,8H,3,13H2,1-2H3. The second-order valence-corrected chi connectivity index (χ2v) is 3.07. The topological polar surface area (TPSA) is 74.4 Å². The number of ether oxygens (including phenoxy) is 2. The van der Waals surface area contributed by atoms with Gasteiger partial charge in [0.2, 0.25) is 5.88 Å². The summed E-state index contributed by atoms with van der Waals surface area (Å²) >= 11 is 0. The van der Waals surface area contributed by atoms with Crippen LogP contribution in [0, 0.1) is 0 Å². The molecule has 0 aliphatic carbocycles. The van der Waals surface area contributed by atoms with Gasteiger partial charge in [-0.25, -0.2) is 18.6 Å². The van der Waals surface area contributed by atoms with Crippen molar-refractivity contribution in [1.29, 1.82) is 0 Å². The minimum atomic E-state index is -2.77. The van der Waals surface area contributed by atoms with E-state index in [0.29, 0.717) is 0 Å². The number of rotatable bonds is 4. The number of carbonyl (C=O) groups excluding carboxylic acids is 1. The number of carbonyl (C=O) groups is 1. The molecule has 0 unspecified atom stereocenters. The maximum Gasteiger partial charge on any atom is 0.343 e. The monoisotopic (exact) mass is 246 g/mol. The van der Waals surface area contributed by atoms with E-state index in [1.807, 2.05) is 0 Å². The van der Waals surface area contributed by atoms with Gasteiger partial charge in [-0.1, -0.05) is 0 Å². The van der Waals surface area contributed by atoms with E-state index in [1.165, 1.54) is 7.11 Å². The molecule has 1 aromatic heterocycles. The van der Waals surface area contributed by atoms with E-state index in [2.05, 4.69) is 9.72 Å². The van der Waals surface area contributed by atoms with Crippen LogP contribution >= 0.6 is 0 Å². The second-order valence-electron chi connectivity index (χ2n) is 3.07. The van der Waals surface area contributed by atoms with Crippen LogP contribution in [-0.4, -0.2) is 25.2 Å². The third-order valence-electron chi connectivity index (χ3n) is 2.21. The first kappa shape index (κ1) is 13.3. The van der Waals surface area contributed by atoms with Crippen LogP contribution in [0.25, 0.3) is 0 Å². The molecule has 0 amide bonds. The summed E-state index contributed by atoms with van der Waals surface area (Å²) < 4.78 is 34.7. The Morgan fingerprint density at radius 3 is 2.59 bits per heavy atom. The van der Waals surface area contributed by atoms with Gasteiger partial charge in [0.05, 0.1) is 14.2 Å². The summed E-state index contributed by atoms with van der Waals surface area (Å²) in [5.74, 6) is -0.890. The normalized spacial score (nSPS) is 10.5. The number of hydrogen-bond acceptors (Lipinski definition) is 5. The first-order valence-electron chi connectivity index (χ1n) is 4.69. The zero-order valence-electron chi connectivity index (χ0n) is 9.37. The van der Waals surface area contributed by atoms with E-state index in [4.69, 9.17) is 10.5 Å². The molecule has 17 heavy (non-hydrogen) atoms. The smallest absolute Gasteiger partial charge is 0.343 e. The molecule has 0 aliphatic rings. The molecular weight excluding hydrogens is 234 g/mol. The fraction of sp³-hybridized carbons (Fsp3) is 0.400. The third-order valence-corrected chi connectivity index (χ3v) is 2.21. The van der Waals surface area contributed by atoms with Gasteiger partial charge in [0.25, 0.3) is 6.43 Å². The molecule has 0 radical (unpaired) electrons. The molecule has 7 heteroatoms. The van der Waals surface area contributed by atoms with Crippen LogP contribution in [0.15, 0.2) is 6.20 Å². The Bertz CT molecular complexity index is 424. The van der Waals surface area contributed by atoms with Gasteiger partial charge < -0.3 is 15.2 Å². The number of aromatic nitrogens is 1. The van der Waals surface area contributed by atoms with Gasteiger partial charge >= 0.3 is 5.97 Å². The maximum atomic E-state index is 12.7. The molecule has 0 aliphatic heterocycles. The van der Waals surface area contributed by atoms with Crippen molar-refractivity contribution in [3.63, 3.8) is 0 Å². The number of nitrogens with two attached hydrogens (primary N) is 1. The lowest BCUT2D eigenvalue weighted by atomic mass is 10.0. The van der Waals surface area contributed by atoms with Crippen molar-refractivity contribution < 1.29 is 23.0 Å². The average Bonchev–Trinajstić information content (AvgIpc) is 2.35. The van der Waals surface area contributed by atoms with Crippen LogP contribution in [-0.2, 0) is 11.3 Å². The largest absolute Gasteiger partial charge is 0.480 e. The predicted octanol–water partition coefficient (Wildman–Crippen LogP) is 1.27. The Morgan fingerprint density at radius 2 is 2.18 bits per heavy atom. The van der Waals surface area contributed by atoms with E-state index in [9.17, 15) is 13.6 Å². The van der Waals surface area contributed by atoms with Crippen LogP contribution in [0.3, 0.4) is 0 Å². The molecule has 1 rings (SSSR count). The Labute approximate surface area is 96.5 Å². The highest BCUT2D eigenvalue weighted by atomic mass is 19.3. The Balaban J connectivity index is 3.48. The quantitative estimate of drug-likeness (QED) is 0.810. The summed E-state index contributed by atoms with van der Waals surface area (Å²) in [7, 11) is 2.41. The van der Waals surface area contributed by atoms with Crippen molar-refractivity contribution >= 4 is 5.97 Å². The summed E-state index contributed by atoms with van der Waals surface area (Å²) in [5.41, 5.74) is 4.81. The number of esters is 1. The number of methoxy groups -OCH3 is 2. The predicted molar refractivity (Wildman–Crippen MR) is 55.0 cm³/mol. The van der Waals surface area contributed by atoms with E-state index in [1.54, 1.807) is 0 Å². The number of alkyl halides is 2. The maximum absolute atomic E-state index is 12.7. The summed E-state index contributed by atoms with van der Waals surface area (Å²) in [6, 6.07) is 0. The molecule has 0 spiro atoms. The lowest BCUT2D eigenvalue weighted by Crippen LogP contribution is -2.15. The first-order chi connectivity index (χ1) is 8.06. The van der Waals surface area contributed by atoms with Gasteiger partial charge in [-0.2, -0.15) is 0 Å². The van der Waals surface area contributed by atoms with Crippen LogP contribution in [0.2, 0.25) is 0 Å². The van der Waals surface area contributed by atoms with Crippen LogP contribution in [0.5, 0.6) is 5.88 Å². The number of halogens is 2. The average molecular weight is 246 g/mol. The van der Waals surface area contributed by atoms with E-state index in [-0.39, 0.29) is 23.6 Å². The molecule has 0 fully saturated rings. The molecule has 5 nitrogen and oxygen atoms in total. The van der Waals surface area contributed by atoms with E-state index in [0.717, 1.165) is 13.3 Å². The molecule has 0 saturated heterocycles. The highest BCUT2D eigenvalue weighted by Gasteiger charge is 2.25. The Kier molecular flexibility index (Phi) is 4.33. The molecule has 2 N–H and O–H groups in total. The minimum absolute atomic E-state index is 0.0151. The zero-order chi connectivity index (χ0) is 13.0. The molecule has 94 valence electrons. The van der Waals surface area contributed by atoms with Crippen molar-refractivity contribution in [2.24, 2.45) is 5.73 Å². The fourth-order valence-corrected chi connectivity index (χ4v) is 1.42. The zero-order valence-corrected chi connectivity index (χ0v) is 9.37. The van der Waals surface area contributed by atoms with Crippen molar-refractivity contribution in [1.82, 2.24) is 4.98 Å². The molecule has 1 heterocycles.